The van der Waals surface area contributed by atoms with Crippen molar-refractivity contribution in [2.45, 2.75) is 20.1 Å². The van der Waals surface area contributed by atoms with Crippen LogP contribution in [0.15, 0.2) is 42.5 Å². The molecule has 0 saturated heterocycles. The van der Waals surface area contributed by atoms with Crippen LogP contribution in [-0.2, 0) is 13.2 Å². The lowest BCUT2D eigenvalue weighted by Gasteiger charge is -2.12. The molecule has 3 heteroatoms. The Balaban J connectivity index is 2.08. The number of hydrogen-bond acceptors (Lipinski definition) is 3. The predicted octanol–water partition coefficient (Wildman–Crippen LogP) is 3.04. The summed E-state index contributed by atoms with van der Waals surface area (Å²) in [4.78, 5) is 0. The molecule has 0 radical (unpaired) electrons. The molecule has 2 N–H and O–H groups in total. The first-order valence-corrected chi connectivity index (χ1v) is 6.28. The predicted molar refractivity (Wildman–Crippen MR) is 76.4 cm³/mol. The SMILES string of the molecule is COc1ccc(OCc2ccc(C)cc2)c(CN)c1. The average molecular weight is 257 g/mol. The Kier molecular flexibility index (Phi) is 4.42. The fourth-order valence-corrected chi connectivity index (χ4v) is 1.83. The van der Waals surface area contributed by atoms with Gasteiger partial charge in [-0.15, -0.1) is 0 Å². The highest BCUT2D eigenvalue weighted by Gasteiger charge is 2.04. The highest BCUT2D eigenvalue weighted by Crippen LogP contribution is 2.24. The van der Waals surface area contributed by atoms with Gasteiger partial charge in [0.15, 0.2) is 0 Å². The second-order valence-corrected chi connectivity index (χ2v) is 4.45. The maximum atomic E-state index is 5.82. The average Bonchev–Trinajstić information content (AvgIpc) is 2.46. The molecular weight excluding hydrogens is 238 g/mol. The Morgan fingerprint density at radius 1 is 1.05 bits per heavy atom. The van der Waals surface area contributed by atoms with E-state index < -0.39 is 0 Å². The second kappa shape index (κ2) is 6.25. The molecule has 100 valence electrons. The van der Waals surface area contributed by atoms with Gasteiger partial charge in [-0.2, -0.15) is 0 Å². The third-order valence-electron chi connectivity index (χ3n) is 3.00. The number of nitrogens with two attached hydrogens (primary N) is 1. The van der Waals surface area contributed by atoms with Crippen LogP contribution in [-0.4, -0.2) is 7.11 Å². The van der Waals surface area contributed by atoms with Crippen LogP contribution < -0.4 is 15.2 Å². The lowest BCUT2D eigenvalue weighted by atomic mass is 10.1. The van der Waals surface area contributed by atoms with Crippen LogP contribution in [0.25, 0.3) is 0 Å². The van der Waals surface area contributed by atoms with Crippen molar-refractivity contribution < 1.29 is 9.47 Å². The van der Waals surface area contributed by atoms with Crippen molar-refractivity contribution in [3.63, 3.8) is 0 Å². The van der Waals surface area contributed by atoms with Crippen molar-refractivity contribution in [3.05, 3.63) is 59.2 Å². The summed E-state index contributed by atoms with van der Waals surface area (Å²) in [5.74, 6) is 1.60. The minimum atomic E-state index is 0.431. The number of ether oxygens (including phenoxy) is 2. The van der Waals surface area contributed by atoms with E-state index in [-0.39, 0.29) is 0 Å². The van der Waals surface area contributed by atoms with Gasteiger partial charge in [0.05, 0.1) is 7.11 Å². The van der Waals surface area contributed by atoms with Crippen molar-refractivity contribution in [3.8, 4) is 11.5 Å². The summed E-state index contributed by atoms with van der Waals surface area (Å²) in [6, 6.07) is 14.0. The lowest BCUT2D eigenvalue weighted by molar-refractivity contribution is 0.302. The number of aryl methyl sites for hydroxylation is 1. The zero-order valence-corrected chi connectivity index (χ0v) is 11.3. The van der Waals surface area contributed by atoms with Crippen molar-refractivity contribution in [2.24, 2.45) is 5.73 Å². The third-order valence-corrected chi connectivity index (χ3v) is 3.00. The zero-order valence-electron chi connectivity index (χ0n) is 11.3. The molecule has 19 heavy (non-hydrogen) atoms. The van der Waals surface area contributed by atoms with E-state index in [2.05, 4.69) is 31.2 Å². The van der Waals surface area contributed by atoms with Crippen LogP contribution >= 0.6 is 0 Å². The Morgan fingerprint density at radius 2 is 1.79 bits per heavy atom. The summed E-state index contributed by atoms with van der Waals surface area (Å²) in [6.07, 6.45) is 0. The smallest absolute Gasteiger partial charge is 0.124 e. The van der Waals surface area contributed by atoms with E-state index in [1.165, 1.54) is 5.56 Å². The molecule has 0 spiro atoms. The van der Waals surface area contributed by atoms with Crippen LogP contribution in [0.2, 0.25) is 0 Å². The minimum absolute atomic E-state index is 0.431. The van der Waals surface area contributed by atoms with Gasteiger partial charge in [-0.1, -0.05) is 29.8 Å². The maximum Gasteiger partial charge on any atom is 0.124 e. The molecule has 0 heterocycles. The molecule has 2 aromatic rings. The van der Waals surface area contributed by atoms with Crippen molar-refractivity contribution >= 4 is 0 Å². The van der Waals surface area contributed by atoms with Gasteiger partial charge in [0.2, 0.25) is 0 Å². The van der Waals surface area contributed by atoms with E-state index in [1.807, 2.05) is 18.2 Å². The third kappa shape index (κ3) is 3.48. The van der Waals surface area contributed by atoms with Crippen molar-refractivity contribution in [2.75, 3.05) is 7.11 Å². The monoisotopic (exact) mass is 257 g/mol. The molecule has 0 aliphatic heterocycles. The van der Waals surface area contributed by atoms with Crippen LogP contribution in [0.3, 0.4) is 0 Å². The molecule has 0 bridgehead atoms. The summed E-state index contributed by atoms with van der Waals surface area (Å²) in [5.41, 5.74) is 9.07. The molecular formula is C16H19NO2. The summed E-state index contributed by atoms with van der Waals surface area (Å²) in [5, 5.41) is 0. The first kappa shape index (κ1) is 13.4. The zero-order chi connectivity index (χ0) is 13.7. The number of benzene rings is 2. The largest absolute Gasteiger partial charge is 0.497 e. The first-order valence-electron chi connectivity index (χ1n) is 6.28. The molecule has 2 rings (SSSR count). The Morgan fingerprint density at radius 3 is 2.42 bits per heavy atom. The number of methoxy groups -OCH3 is 1. The fraction of sp³-hybridized carbons (Fsp3) is 0.250. The van der Waals surface area contributed by atoms with E-state index >= 15 is 0 Å². The molecule has 0 unspecified atom stereocenters. The molecule has 0 atom stereocenters. The van der Waals surface area contributed by atoms with Gasteiger partial charge in [-0.05, 0) is 30.7 Å². The number of rotatable bonds is 5. The van der Waals surface area contributed by atoms with Gasteiger partial charge in [0.1, 0.15) is 18.1 Å². The molecule has 0 amide bonds. The van der Waals surface area contributed by atoms with Crippen molar-refractivity contribution in [1.29, 1.82) is 0 Å². The standard InChI is InChI=1S/C16H19NO2/c1-12-3-5-13(6-4-12)11-19-16-8-7-15(18-2)9-14(16)10-17/h3-9H,10-11,17H2,1-2H3. The first-order chi connectivity index (χ1) is 9.22. The highest BCUT2D eigenvalue weighted by molar-refractivity contribution is 5.40. The van der Waals surface area contributed by atoms with E-state index in [1.54, 1.807) is 7.11 Å². The normalized spacial score (nSPS) is 10.3. The van der Waals surface area contributed by atoms with Crippen LogP contribution in [0, 0.1) is 6.92 Å². The maximum absolute atomic E-state index is 5.82. The molecule has 0 aliphatic rings. The summed E-state index contributed by atoms with van der Waals surface area (Å²) in [6.45, 7) is 3.04. The molecule has 2 aromatic carbocycles. The van der Waals surface area contributed by atoms with Crippen LogP contribution in [0.5, 0.6) is 11.5 Å². The van der Waals surface area contributed by atoms with E-state index in [0.717, 1.165) is 22.6 Å². The summed E-state index contributed by atoms with van der Waals surface area (Å²) >= 11 is 0. The molecule has 0 saturated carbocycles. The minimum Gasteiger partial charge on any atom is -0.497 e. The van der Waals surface area contributed by atoms with Gasteiger partial charge in [-0.3, -0.25) is 0 Å². The Bertz CT molecular complexity index is 535. The van der Waals surface area contributed by atoms with E-state index in [4.69, 9.17) is 15.2 Å². The summed E-state index contributed by atoms with van der Waals surface area (Å²) < 4.78 is 11.0. The van der Waals surface area contributed by atoms with Gasteiger partial charge >= 0.3 is 0 Å². The topological polar surface area (TPSA) is 44.5 Å². The lowest BCUT2D eigenvalue weighted by Crippen LogP contribution is -2.03. The quantitative estimate of drug-likeness (QED) is 0.895. The molecule has 0 aromatic heterocycles. The van der Waals surface area contributed by atoms with Crippen LogP contribution in [0.1, 0.15) is 16.7 Å². The van der Waals surface area contributed by atoms with E-state index in [9.17, 15) is 0 Å². The van der Waals surface area contributed by atoms with E-state index in [0.29, 0.717) is 13.2 Å². The second-order valence-electron chi connectivity index (χ2n) is 4.45. The van der Waals surface area contributed by atoms with Gasteiger partial charge in [0, 0.05) is 12.1 Å². The Labute approximate surface area is 114 Å². The molecule has 0 aliphatic carbocycles. The molecule has 0 fully saturated rings. The number of hydrogen-bond donors (Lipinski definition) is 1. The fourth-order valence-electron chi connectivity index (χ4n) is 1.83. The van der Waals surface area contributed by atoms with Crippen LogP contribution in [0.4, 0.5) is 0 Å². The van der Waals surface area contributed by atoms with Gasteiger partial charge in [-0.25, -0.2) is 0 Å². The Hall–Kier alpha value is -2.00. The van der Waals surface area contributed by atoms with Gasteiger partial charge in [0.25, 0.3) is 0 Å². The van der Waals surface area contributed by atoms with Crippen molar-refractivity contribution in [1.82, 2.24) is 0 Å². The van der Waals surface area contributed by atoms with Gasteiger partial charge < -0.3 is 15.2 Å². The highest BCUT2D eigenvalue weighted by atomic mass is 16.5. The summed E-state index contributed by atoms with van der Waals surface area (Å²) in [7, 11) is 1.64. The molecule has 3 nitrogen and oxygen atoms in total.